The summed E-state index contributed by atoms with van der Waals surface area (Å²) in [5.41, 5.74) is 2.30. The number of carbonyl (C=O) groups excluding carboxylic acids is 4. The molecule has 4 aliphatic rings. The van der Waals surface area contributed by atoms with E-state index >= 15 is 0 Å². The lowest BCUT2D eigenvalue weighted by molar-refractivity contribution is -0.256. The molecule has 0 amide bonds. The average Bonchev–Trinajstić information content (AvgIpc) is 3.04. The van der Waals surface area contributed by atoms with Crippen molar-refractivity contribution in [2.24, 2.45) is 0 Å². The van der Waals surface area contributed by atoms with Crippen molar-refractivity contribution in [3.63, 3.8) is 0 Å². The Kier molecular flexibility index (Phi) is 6.49. The number of carboxylic acids is 4. The van der Waals surface area contributed by atoms with Crippen LogP contribution in [-0.4, -0.2) is 23.9 Å². The predicted octanol–water partition coefficient (Wildman–Crippen LogP) is 1.57. The summed E-state index contributed by atoms with van der Waals surface area (Å²) in [7, 11) is 0. The van der Waals surface area contributed by atoms with Crippen LogP contribution in [0.15, 0.2) is 97.1 Å². The highest BCUT2D eigenvalue weighted by Crippen LogP contribution is 2.74. The van der Waals surface area contributed by atoms with E-state index in [0.29, 0.717) is 38.5 Å². The first-order valence-corrected chi connectivity index (χ1v) is 15.2. The van der Waals surface area contributed by atoms with Gasteiger partial charge in [-0.2, -0.15) is 0 Å². The lowest BCUT2D eigenvalue weighted by Crippen LogP contribution is -2.67. The van der Waals surface area contributed by atoms with Gasteiger partial charge in [-0.3, -0.25) is 0 Å². The zero-order valence-corrected chi connectivity index (χ0v) is 24.7. The minimum absolute atomic E-state index is 0.0706. The Hall–Kier alpha value is -5.24. The van der Waals surface area contributed by atoms with Crippen molar-refractivity contribution in [1.29, 1.82) is 0 Å². The van der Waals surface area contributed by atoms with Crippen LogP contribution in [0.2, 0.25) is 0 Å². The number of hydrogen-bond acceptors (Lipinski definition) is 8. The highest BCUT2D eigenvalue weighted by molar-refractivity contribution is 5.87. The van der Waals surface area contributed by atoms with E-state index in [1.165, 1.54) is 0 Å². The van der Waals surface area contributed by atoms with Gasteiger partial charge in [-0.05, 0) is 105 Å². The molecule has 8 nitrogen and oxygen atoms in total. The maximum absolute atomic E-state index is 11.6. The van der Waals surface area contributed by atoms with E-state index in [9.17, 15) is 39.6 Å². The Balaban J connectivity index is 1.48. The maximum Gasteiger partial charge on any atom is 0.0715 e. The zero-order chi connectivity index (χ0) is 32.5. The second-order valence-electron chi connectivity index (χ2n) is 13.6. The number of carbonyl (C=O) groups is 4. The van der Waals surface area contributed by atoms with Crippen molar-refractivity contribution >= 4 is 23.9 Å². The van der Waals surface area contributed by atoms with Gasteiger partial charge in [0.05, 0.1) is 23.9 Å². The molecule has 0 aliphatic heterocycles. The molecular formula is C38H28O8-4. The minimum atomic E-state index is -1.27. The first kappa shape index (κ1) is 29.5. The molecule has 0 saturated heterocycles. The summed E-state index contributed by atoms with van der Waals surface area (Å²) in [4.78, 5) is 46.6. The molecule has 4 saturated carbocycles. The van der Waals surface area contributed by atoms with Crippen molar-refractivity contribution in [1.82, 2.24) is 0 Å². The van der Waals surface area contributed by atoms with Crippen LogP contribution < -0.4 is 20.4 Å². The van der Waals surface area contributed by atoms with E-state index in [1.807, 2.05) is 48.5 Å². The quantitative estimate of drug-likeness (QED) is 0.290. The fourth-order valence-electron chi connectivity index (χ4n) is 9.70. The molecule has 46 heavy (non-hydrogen) atoms. The number of rotatable bonds is 8. The van der Waals surface area contributed by atoms with Crippen LogP contribution >= 0.6 is 0 Å². The Morgan fingerprint density at radius 2 is 0.478 bits per heavy atom. The number of benzene rings is 4. The molecule has 232 valence electrons. The number of hydrogen-bond donors (Lipinski definition) is 0. The summed E-state index contributed by atoms with van der Waals surface area (Å²) < 4.78 is 0. The van der Waals surface area contributed by atoms with Crippen molar-refractivity contribution in [2.75, 3.05) is 0 Å². The van der Waals surface area contributed by atoms with E-state index in [2.05, 4.69) is 0 Å². The van der Waals surface area contributed by atoms with Crippen LogP contribution in [0, 0.1) is 0 Å². The molecule has 8 rings (SSSR count). The normalized spacial score (nSPS) is 27.7. The van der Waals surface area contributed by atoms with Gasteiger partial charge in [0.2, 0.25) is 0 Å². The van der Waals surface area contributed by atoms with Gasteiger partial charge < -0.3 is 39.6 Å². The highest BCUT2D eigenvalue weighted by atomic mass is 16.4. The van der Waals surface area contributed by atoms with Crippen LogP contribution in [0.25, 0.3) is 0 Å². The van der Waals surface area contributed by atoms with Crippen LogP contribution in [0.1, 0.15) is 102 Å². The Labute approximate surface area is 265 Å². The first-order valence-electron chi connectivity index (χ1n) is 15.2. The van der Waals surface area contributed by atoms with Crippen molar-refractivity contribution in [2.45, 2.75) is 60.2 Å². The molecule has 4 aromatic carbocycles. The maximum atomic E-state index is 11.6. The average molecular weight is 613 g/mol. The third-order valence-corrected chi connectivity index (χ3v) is 11.0. The van der Waals surface area contributed by atoms with Gasteiger partial charge in [-0.15, -0.1) is 0 Å². The molecular weight excluding hydrogens is 584 g/mol. The van der Waals surface area contributed by atoms with Crippen molar-refractivity contribution in [3.05, 3.63) is 142 Å². The molecule has 4 fully saturated rings. The molecule has 8 heteroatoms. The summed E-state index contributed by atoms with van der Waals surface area (Å²) >= 11 is 0. The Morgan fingerprint density at radius 1 is 0.326 bits per heavy atom. The van der Waals surface area contributed by atoms with Crippen molar-refractivity contribution in [3.8, 4) is 0 Å². The van der Waals surface area contributed by atoms with Gasteiger partial charge in [0.15, 0.2) is 0 Å². The van der Waals surface area contributed by atoms with E-state index in [4.69, 9.17) is 0 Å². The first-order chi connectivity index (χ1) is 21.9. The molecule has 0 N–H and O–H groups in total. The van der Waals surface area contributed by atoms with Gasteiger partial charge >= 0.3 is 0 Å². The lowest BCUT2D eigenvalue weighted by atomic mass is 9.32. The third kappa shape index (κ3) is 4.50. The second-order valence-corrected chi connectivity index (χ2v) is 13.6. The third-order valence-electron chi connectivity index (χ3n) is 11.0. The molecule has 0 atom stereocenters. The zero-order valence-electron chi connectivity index (χ0n) is 24.7. The van der Waals surface area contributed by atoms with Crippen LogP contribution in [0.3, 0.4) is 0 Å². The molecule has 0 spiro atoms. The van der Waals surface area contributed by atoms with Gasteiger partial charge in [0, 0.05) is 0 Å². The molecule has 0 heterocycles. The van der Waals surface area contributed by atoms with Crippen LogP contribution in [0.5, 0.6) is 0 Å². The fraction of sp³-hybridized carbons (Fsp3) is 0.263. The summed E-state index contributed by atoms with van der Waals surface area (Å²) in [5.74, 6) is -5.07. The van der Waals surface area contributed by atoms with Crippen LogP contribution in [0.4, 0.5) is 0 Å². The van der Waals surface area contributed by atoms with Crippen molar-refractivity contribution < 1.29 is 39.6 Å². The largest absolute Gasteiger partial charge is 0.545 e. The number of aromatic carboxylic acids is 4. The van der Waals surface area contributed by atoms with Gasteiger partial charge in [0.25, 0.3) is 0 Å². The van der Waals surface area contributed by atoms with E-state index in [1.54, 1.807) is 48.5 Å². The minimum Gasteiger partial charge on any atom is -0.545 e. The van der Waals surface area contributed by atoms with Gasteiger partial charge in [0.1, 0.15) is 0 Å². The summed E-state index contributed by atoms with van der Waals surface area (Å²) in [5, 5.41) is 46.6. The smallest absolute Gasteiger partial charge is 0.0715 e. The summed E-state index contributed by atoms with van der Waals surface area (Å²) in [6.07, 6.45) is 4.29. The van der Waals surface area contributed by atoms with E-state index in [-0.39, 0.29) is 22.3 Å². The fourth-order valence-corrected chi connectivity index (χ4v) is 9.70. The molecule has 4 bridgehead atoms. The summed E-state index contributed by atoms with van der Waals surface area (Å²) in [6, 6.07) is 27.3. The Morgan fingerprint density at radius 3 is 0.609 bits per heavy atom. The topological polar surface area (TPSA) is 161 Å². The summed E-state index contributed by atoms with van der Waals surface area (Å²) in [6.45, 7) is 0. The highest BCUT2D eigenvalue weighted by Gasteiger charge is 2.69. The number of carboxylic acid groups (broad SMARTS) is 4. The lowest BCUT2D eigenvalue weighted by Gasteiger charge is -2.71. The molecule has 0 aromatic heterocycles. The SMILES string of the molecule is O=C([O-])c1ccc(C23CC4(c5ccc(C(=O)[O-])cc5)CC(c5ccc(C(=O)[O-])cc5)(C2)CC(c2ccc(C(=O)[O-])cc2)(C3)C4)cc1. The van der Waals surface area contributed by atoms with Gasteiger partial charge in [-0.25, -0.2) is 0 Å². The van der Waals surface area contributed by atoms with Gasteiger partial charge in [-0.1, -0.05) is 97.1 Å². The molecule has 4 aliphatic carbocycles. The van der Waals surface area contributed by atoms with Crippen LogP contribution in [-0.2, 0) is 21.7 Å². The molecule has 4 aromatic rings. The second kappa shape index (κ2) is 10.1. The Bertz CT molecular complexity index is 1570. The molecule has 0 radical (unpaired) electrons. The van der Waals surface area contributed by atoms with E-state index in [0.717, 1.165) is 22.3 Å². The predicted molar refractivity (Wildman–Crippen MR) is 158 cm³/mol. The standard InChI is InChI=1S/C38H32O8/c39-31(40)23-1-9-27(10-2-23)35-17-36(28-11-3-24(4-12-28)32(41)42)20-37(18-35,29-13-5-25(6-14-29)33(43)44)22-38(19-35,21-36)30-15-7-26(8-16-30)34(45)46/h1-16H,17-22H2,(H,39,40)(H,41,42)(H,43,44)(H,45,46)/p-4. The molecule has 0 unspecified atom stereocenters. The monoisotopic (exact) mass is 612 g/mol. The van der Waals surface area contributed by atoms with E-state index < -0.39 is 45.5 Å².